The van der Waals surface area contributed by atoms with Crippen LogP contribution < -0.4 is 0 Å². The van der Waals surface area contributed by atoms with Crippen LogP contribution in [-0.2, 0) is 13.3 Å². The van der Waals surface area contributed by atoms with E-state index in [1.165, 1.54) is 96.3 Å². The van der Waals surface area contributed by atoms with Gasteiger partial charge in [0.2, 0.25) is 0 Å². The molecular weight excluding hydrogens is 352 g/mol. The minimum Gasteiger partial charge on any atom is -0.376 e. The Hall–Kier alpha value is -0.163. The lowest BCUT2D eigenvalue weighted by Crippen LogP contribution is -2.27. The summed E-state index contributed by atoms with van der Waals surface area (Å²) in [6.07, 6.45) is 23.9. The van der Waals surface area contributed by atoms with Crippen molar-refractivity contribution in [2.45, 2.75) is 117 Å². The summed E-state index contributed by atoms with van der Waals surface area (Å²) in [4.78, 5) is 0. The maximum atomic E-state index is 5.74. The molecule has 0 amide bonds. The Morgan fingerprint density at radius 3 is 1.30 bits per heavy atom. The Bertz CT molecular complexity index is 281. The minimum absolute atomic E-state index is 0.687. The third-order valence-electron chi connectivity index (χ3n) is 4.91. The van der Waals surface area contributed by atoms with Crippen LogP contribution in [-0.4, -0.2) is 29.3 Å². The van der Waals surface area contributed by atoms with Gasteiger partial charge in [-0.25, -0.2) is 0 Å². The zero-order valence-electron chi connectivity index (χ0n) is 18.5. The van der Waals surface area contributed by atoms with Gasteiger partial charge in [-0.1, -0.05) is 89.5 Å². The van der Waals surface area contributed by atoms with Gasteiger partial charge in [-0.2, -0.15) is 0 Å². The summed E-state index contributed by atoms with van der Waals surface area (Å²) in [5.41, 5.74) is 0. The highest BCUT2D eigenvalue weighted by Gasteiger charge is 2.12. The summed E-state index contributed by atoms with van der Waals surface area (Å²) >= 11 is 0. The van der Waals surface area contributed by atoms with E-state index in [-0.39, 0.29) is 0 Å². The van der Waals surface area contributed by atoms with Crippen LogP contribution >= 0.6 is 0 Å². The molecule has 0 unspecified atom stereocenters. The summed E-state index contributed by atoms with van der Waals surface area (Å²) in [7, 11) is -1.83. The van der Waals surface area contributed by atoms with Gasteiger partial charge in [0.1, 0.15) is 0 Å². The van der Waals surface area contributed by atoms with Crippen LogP contribution in [0, 0.1) is 0 Å². The van der Waals surface area contributed by atoms with E-state index in [4.69, 9.17) is 13.3 Å². The van der Waals surface area contributed by atoms with Crippen molar-refractivity contribution in [2.75, 3.05) is 19.8 Å². The Kier molecular flexibility index (Phi) is 23.7. The third-order valence-corrected chi connectivity index (χ3v) is 6.63. The predicted molar refractivity (Wildman–Crippen MR) is 120 cm³/mol. The van der Waals surface area contributed by atoms with E-state index in [1.807, 2.05) is 19.9 Å². The highest BCUT2D eigenvalue weighted by atomic mass is 28.3. The summed E-state index contributed by atoms with van der Waals surface area (Å²) in [6.45, 7) is 9.94. The van der Waals surface area contributed by atoms with Crippen LogP contribution in [0.25, 0.3) is 0 Å². The highest BCUT2D eigenvalue weighted by Crippen LogP contribution is 2.13. The fourth-order valence-electron chi connectivity index (χ4n) is 3.28. The van der Waals surface area contributed by atoms with Crippen LogP contribution in [0.1, 0.15) is 117 Å². The summed E-state index contributed by atoms with van der Waals surface area (Å²) in [5, 5.41) is 0. The van der Waals surface area contributed by atoms with Crippen LogP contribution in [0.2, 0.25) is 0 Å². The number of allylic oxidation sites excluding steroid dienone is 1. The summed E-state index contributed by atoms with van der Waals surface area (Å²) in [6, 6.07) is 0. The molecule has 0 aliphatic rings. The van der Waals surface area contributed by atoms with Crippen molar-refractivity contribution in [2.24, 2.45) is 0 Å². The molecule has 0 aromatic rings. The average Bonchev–Trinajstić information content (AvgIpc) is 2.67. The lowest BCUT2D eigenvalue weighted by atomic mass is 10.0. The maximum absolute atomic E-state index is 5.74. The molecule has 0 radical (unpaired) electrons. The van der Waals surface area contributed by atoms with Gasteiger partial charge in [-0.05, 0) is 33.1 Å². The number of hydrogen-bond acceptors (Lipinski definition) is 3. The highest BCUT2D eigenvalue weighted by molar-refractivity contribution is 6.36. The Labute approximate surface area is 172 Å². The van der Waals surface area contributed by atoms with Crippen LogP contribution in [0.5, 0.6) is 0 Å². The number of rotatable bonds is 23. The van der Waals surface area contributed by atoms with E-state index in [0.717, 1.165) is 13.0 Å². The molecule has 4 heteroatoms. The van der Waals surface area contributed by atoms with Gasteiger partial charge in [0, 0.05) is 19.8 Å². The standard InChI is InChI=1S/C23H48O3Si/c1-4-7-8-9-10-11-12-13-14-15-16-17-18-19-20-21-22-23-26-27(24-5-2)25-6-3/h4,27H,1,5-23H2,2-3H3. The lowest BCUT2D eigenvalue weighted by Gasteiger charge is -2.14. The molecule has 0 aliphatic heterocycles. The topological polar surface area (TPSA) is 27.7 Å². The van der Waals surface area contributed by atoms with Crippen molar-refractivity contribution in [1.29, 1.82) is 0 Å². The van der Waals surface area contributed by atoms with E-state index in [1.54, 1.807) is 0 Å². The molecule has 3 nitrogen and oxygen atoms in total. The molecule has 0 spiro atoms. The van der Waals surface area contributed by atoms with Gasteiger partial charge < -0.3 is 13.3 Å². The van der Waals surface area contributed by atoms with Gasteiger partial charge in [0.25, 0.3) is 0 Å². The Balaban J connectivity index is 3.13. The average molecular weight is 401 g/mol. The molecule has 162 valence electrons. The Morgan fingerprint density at radius 2 is 0.926 bits per heavy atom. The fraction of sp³-hybridized carbons (Fsp3) is 0.913. The molecule has 0 saturated carbocycles. The largest absolute Gasteiger partial charge is 0.484 e. The molecule has 0 atom stereocenters. The second-order valence-electron chi connectivity index (χ2n) is 7.45. The monoisotopic (exact) mass is 400 g/mol. The molecule has 0 rings (SSSR count). The van der Waals surface area contributed by atoms with E-state index >= 15 is 0 Å². The van der Waals surface area contributed by atoms with Crippen molar-refractivity contribution in [3.8, 4) is 0 Å². The van der Waals surface area contributed by atoms with Gasteiger partial charge in [-0.15, -0.1) is 6.58 Å². The smallest absolute Gasteiger partial charge is 0.376 e. The minimum atomic E-state index is -1.83. The number of unbranched alkanes of at least 4 members (excludes halogenated alkanes) is 15. The molecular formula is C23H48O3Si. The SMILES string of the molecule is C=CCCCCCCCCCCCCCCCCCO[SiH](OCC)OCC. The fourth-order valence-corrected chi connectivity index (χ4v) is 4.48. The lowest BCUT2D eigenvalue weighted by molar-refractivity contribution is 0.100. The first-order chi connectivity index (χ1) is 13.3. The number of hydrogen-bond donors (Lipinski definition) is 0. The van der Waals surface area contributed by atoms with Gasteiger partial charge in [-0.3, -0.25) is 0 Å². The first kappa shape index (κ1) is 26.8. The van der Waals surface area contributed by atoms with Crippen molar-refractivity contribution in [3.05, 3.63) is 12.7 Å². The van der Waals surface area contributed by atoms with Crippen LogP contribution in [0.15, 0.2) is 12.7 Å². The zero-order valence-corrected chi connectivity index (χ0v) is 19.7. The Morgan fingerprint density at radius 1 is 0.556 bits per heavy atom. The molecule has 0 heterocycles. The molecule has 0 saturated heterocycles. The molecule has 27 heavy (non-hydrogen) atoms. The van der Waals surface area contributed by atoms with Crippen molar-refractivity contribution < 1.29 is 13.3 Å². The first-order valence-corrected chi connectivity index (χ1v) is 13.2. The quantitative estimate of drug-likeness (QED) is 0.103. The molecule has 0 aromatic carbocycles. The van der Waals surface area contributed by atoms with Gasteiger partial charge in [0.15, 0.2) is 0 Å². The van der Waals surface area contributed by atoms with Crippen molar-refractivity contribution in [1.82, 2.24) is 0 Å². The van der Waals surface area contributed by atoms with Gasteiger partial charge in [0.05, 0.1) is 0 Å². The normalized spacial score (nSPS) is 11.4. The summed E-state index contributed by atoms with van der Waals surface area (Å²) < 4.78 is 16.8. The maximum Gasteiger partial charge on any atom is 0.484 e. The molecule has 0 N–H and O–H groups in total. The molecule has 0 bridgehead atoms. The molecule has 0 aliphatic carbocycles. The first-order valence-electron chi connectivity index (χ1n) is 11.8. The van der Waals surface area contributed by atoms with Crippen LogP contribution in [0.3, 0.4) is 0 Å². The molecule has 0 fully saturated rings. The van der Waals surface area contributed by atoms with E-state index in [0.29, 0.717) is 13.2 Å². The second-order valence-corrected chi connectivity index (χ2v) is 9.03. The summed E-state index contributed by atoms with van der Waals surface area (Å²) in [5.74, 6) is 0. The van der Waals surface area contributed by atoms with E-state index in [2.05, 4.69) is 6.58 Å². The van der Waals surface area contributed by atoms with Crippen molar-refractivity contribution in [3.63, 3.8) is 0 Å². The van der Waals surface area contributed by atoms with Gasteiger partial charge >= 0.3 is 9.53 Å². The van der Waals surface area contributed by atoms with E-state index < -0.39 is 9.53 Å². The van der Waals surface area contributed by atoms with Crippen molar-refractivity contribution >= 4 is 9.53 Å². The second kappa shape index (κ2) is 23.9. The predicted octanol–water partition coefficient (Wildman–Crippen LogP) is 7.22. The molecule has 0 aromatic heterocycles. The van der Waals surface area contributed by atoms with E-state index in [9.17, 15) is 0 Å². The van der Waals surface area contributed by atoms with Crippen LogP contribution in [0.4, 0.5) is 0 Å². The third kappa shape index (κ3) is 22.0. The zero-order chi connectivity index (χ0) is 19.8.